The van der Waals surface area contributed by atoms with Gasteiger partial charge in [0.25, 0.3) is 0 Å². The molecule has 1 amide bonds. The third kappa shape index (κ3) is 3.95. The van der Waals surface area contributed by atoms with Gasteiger partial charge >= 0.3 is 5.97 Å². The lowest BCUT2D eigenvalue weighted by Crippen LogP contribution is -2.44. The van der Waals surface area contributed by atoms with Crippen LogP contribution in [0.5, 0.6) is 0 Å². The van der Waals surface area contributed by atoms with Crippen LogP contribution in [-0.2, 0) is 9.59 Å². The second-order valence-corrected chi connectivity index (χ2v) is 6.58. The van der Waals surface area contributed by atoms with Gasteiger partial charge in [0.15, 0.2) is 0 Å². The summed E-state index contributed by atoms with van der Waals surface area (Å²) >= 11 is 0. The summed E-state index contributed by atoms with van der Waals surface area (Å²) < 4.78 is 0. The van der Waals surface area contributed by atoms with Gasteiger partial charge in [0, 0.05) is 12.6 Å². The number of carboxylic acids is 1. The van der Waals surface area contributed by atoms with E-state index in [1.807, 2.05) is 0 Å². The molecule has 4 atom stereocenters. The van der Waals surface area contributed by atoms with Crippen molar-refractivity contribution in [3.05, 3.63) is 0 Å². The fraction of sp³-hybridized carbons (Fsp3) is 0.867. The maximum atomic E-state index is 12.0. The second-order valence-electron chi connectivity index (χ2n) is 6.58. The Bertz CT molecular complexity index is 372. The first kappa shape index (κ1) is 15.3. The van der Waals surface area contributed by atoms with Gasteiger partial charge < -0.3 is 10.4 Å². The number of rotatable bonds is 7. The van der Waals surface area contributed by atoms with Crippen molar-refractivity contribution in [2.75, 3.05) is 20.1 Å². The molecule has 2 aliphatic carbocycles. The number of carboxylic acid groups (broad SMARTS) is 1. The highest BCUT2D eigenvalue weighted by Gasteiger charge is 2.42. The minimum absolute atomic E-state index is 0.00756. The van der Waals surface area contributed by atoms with Gasteiger partial charge in [-0.25, -0.2) is 0 Å². The van der Waals surface area contributed by atoms with Crippen LogP contribution >= 0.6 is 0 Å². The number of carbonyl (C=O) groups excluding carboxylic acids is 1. The van der Waals surface area contributed by atoms with Crippen molar-refractivity contribution in [1.29, 1.82) is 0 Å². The number of amides is 1. The summed E-state index contributed by atoms with van der Waals surface area (Å²) in [6.07, 6.45) is 5.39. The molecule has 2 fully saturated rings. The molecule has 5 heteroatoms. The molecule has 2 bridgehead atoms. The van der Waals surface area contributed by atoms with E-state index in [4.69, 9.17) is 5.11 Å². The zero-order chi connectivity index (χ0) is 14.7. The quantitative estimate of drug-likeness (QED) is 0.739. The predicted octanol–water partition coefficient (Wildman–Crippen LogP) is 1.33. The van der Waals surface area contributed by atoms with E-state index >= 15 is 0 Å². The molecular formula is C15H26N2O3. The van der Waals surface area contributed by atoms with Crippen molar-refractivity contribution >= 4 is 11.9 Å². The molecule has 2 aliphatic rings. The van der Waals surface area contributed by atoms with Crippen molar-refractivity contribution < 1.29 is 14.7 Å². The molecule has 0 saturated heterocycles. The average Bonchev–Trinajstić information content (AvgIpc) is 2.98. The Morgan fingerprint density at radius 2 is 2.10 bits per heavy atom. The van der Waals surface area contributed by atoms with E-state index in [0.29, 0.717) is 12.5 Å². The average molecular weight is 282 g/mol. The molecule has 0 aliphatic heterocycles. The van der Waals surface area contributed by atoms with Gasteiger partial charge in [-0.15, -0.1) is 0 Å². The van der Waals surface area contributed by atoms with Gasteiger partial charge in [-0.05, 0) is 51.0 Å². The monoisotopic (exact) mass is 282 g/mol. The Kier molecular flexibility index (Phi) is 5.02. The number of carbonyl (C=O) groups is 2. The minimum Gasteiger partial charge on any atom is -0.481 e. The maximum absolute atomic E-state index is 12.0. The fourth-order valence-corrected chi connectivity index (χ4v) is 3.92. The molecule has 0 radical (unpaired) electrons. The first-order valence-corrected chi connectivity index (χ1v) is 7.65. The number of nitrogens with zero attached hydrogens (tertiary/aromatic N) is 1. The summed E-state index contributed by atoms with van der Waals surface area (Å²) in [6, 6.07) is 0.241. The number of nitrogens with one attached hydrogen (secondary N) is 1. The molecule has 0 aromatic carbocycles. The number of aliphatic carboxylic acids is 1. The Morgan fingerprint density at radius 1 is 1.35 bits per heavy atom. The third-order valence-corrected chi connectivity index (χ3v) is 4.94. The summed E-state index contributed by atoms with van der Waals surface area (Å²) in [5.41, 5.74) is 0. The number of hydrogen-bond acceptors (Lipinski definition) is 3. The highest BCUT2D eigenvalue weighted by atomic mass is 16.4. The Morgan fingerprint density at radius 3 is 2.65 bits per heavy atom. The fourth-order valence-electron chi connectivity index (χ4n) is 3.92. The zero-order valence-corrected chi connectivity index (χ0v) is 12.5. The molecule has 20 heavy (non-hydrogen) atoms. The molecule has 0 spiro atoms. The van der Waals surface area contributed by atoms with E-state index in [-0.39, 0.29) is 24.9 Å². The molecular weight excluding hydrogens is 256 g/mol. The van der Waals surface area contributed by atoms with Crippen molar-refractivity contribution in [2.24, 2.45) is 17.8 Å². The highest BCUT2D eigenvalue weighted by molar-refractivity contribution is 5.78. The first-order valence-electron chi connectivity index (χ1n) is 7.65. The van der Waals surface area contributed by atoms with E-state index in [9.17, 15) is 9.59 Å². The lowest BCUT2D eigenvalue weighted by Gasteiger charge is -2.29. The van der Waals surface area contributed by atoms with E-state index < -0.39 is 5.97 Å². The summed E-state index contributed by atoms with van der Waals surface area (Å²) in [5, 5.41) is 11.7. The van der Waals surface area contributed by atoms with Crippen molar-refractivity contribution in [3.63, 3.8) is 0 Å². The van der Waals surface area contributed by atoms with Crippen LogP contribution in [0.3, 0.4) is 0 Å². The van der Waals surface area contributed by atoms with Crippen molar-refractivity contribution in [2.45, 2.75) is 45.1 Å². The summed E-state index contributed by atoms with van der Waals surface area (Å²) in [5.74, 6) is 1.52. The van der Waals surface area contributed by atoms with E-state index in [1.54, 1.807) is 11.9 Å². The molecule has 2 rings (SSSR count). The standard InChI is InChI=1S/C15H26N2O3/c1-10(13-8-11-3-4-12(13)7-11)16-14(18)9-17(2)6-5-15(19)20/h10-13H,3-9H2,1-2H3,(H,16,18)(H,19,20). The summed E-state index contributed by atoms with van der Waals surface area (Å²) in [7, 11) is 1.78. The third-order valence-electron chi connectivity index (χ3n) is 4.94. The van der Waals surface area contributed by atoms with E-state index in [1.165, 1.54) is 25.7 Å². The largest absolute Gasteiger partial charge is 0.481 e. The van der Waals surface area contributed by atoms with E-state index in [0.717, 1.165) is 11.8 Å². The predicted molar refractivity (Wildman–Crippen MR) is 76.3 cm³/mol. The smallest absolute Gasteiger partial charge is 0.304 e. The number of likely N-dealkylation sites (N-methyl/N-ethyl adjacent to an activating group) is 1. The van der Waals surface area contributed by atoms with Crippen LogP contribution in [0, 0.1) is 17.8 Å². The molecule has 0 aromatic rings. The van der Waals surface area contributed by atoms with Crippen LogP contribution in [0.2, 0.25) is 0 Å². The Hall–Kier alpha value is -1.10. The number of hydrogen-bond donors (Lipinski definition) is 2. The van der Waals surface area contributed by atoms with Gasteiger partial charge in [-0.1, -0.05) is 6.42 Å². The van der Waals surface area contributed by atoms with Crippen molar-refractivity contribution in [1.82, 2.24) is 10.2 Å². The van der Waals surface area contributed by atoms with Gasteiger partial charge in [-0.2, -0.15) is 0 Å². The van der Waals surface area contributed by atoms with Gasteiger partial charge in [-0.3, -0.25) is 14.5 Å². The van der Waals surface area contributed by atoms with Crippen LogP contribution in [0.4, 0.5) is 0 Å². The van der Waals surface area contributed by atoms with Gasteiger partial charge in [0.2, 0.25) is 5.91 Å². The minimum atomic E-state index is -0.826. The van der Waals surface area contributed by atoms with Gasteiger partial charge in [0.1, 0.15) is 0 Å². The Labute approximate surface area is 120 Å². The summed E-state index contributed by atoms with van der Waals surface area (Å²) in [4.78, 5) is 24.2. The molecule has 5 nitrogen and oxygen atoms in total. The van der Waals surface area contributed by atoms with Crippen molar-refractivity contribution in [3.8, 4) is 0 Å². The normalized spacial score (nSPS) is 29.6. The maximum Gasteiger partial charge on any atom is 0.304 e. The van der Waals surface area contributed by atoms with Crippen LogP contribution in [0.1, 0.15) is 39.0 Å². The zero-order valence-electron chi connectivity index (χ0n) is 12.5. The highest BCUT2D eigenvalue weighted by Crippen LogP contribution is 2.49. The van der Waals surface area contributed by atoms with Gasteiger partial charge in [0.05, 0.1) is 13.0 Å². The van der Waals surface area contributed by atoms with Crippen LogP contribution in [-0.4, -0.2) is 48.1 Å². The van der Waals surface area contributed by atoms with Crippen LogP contribution < -0.4 is 5.32 Å². The Balaban J connectivity index is 1.70. The summed E-state index contributed by atoms with van der Waals surface area (Å²) in [6.45, 7) is 2.80. The van der Waals surface area contributed by atoms with Crippen LogP contribution in [0.25, 0.3) is 0 Å². The molecule has 2 saturated carbocycles. The molecule has 114 valence electrons. The SMILES string of the molecule is CC(NC(=O)CN(C)CCC(=O)O)C1CC2CCC1C2. The number of fused-ring (bicyclic) bond motifs is 2. The molecule has 0 aromatic heterocycles. The molecule has 4 unspecified atom stereocenters. The lowest BCUT2D eigenvalue weighted by molar-refractivity contribution is -0.137. The topological polar surface area (TPSA) is 69.6 Å². The van der Waals surface area contributed by atoms with E-state index in [2.05, 4.69) is 12.2 Å². The lowest BCUT2D eigenvalue weighted by atomic mass is 9.84. The molecule has 0 heterocycles. The van der Waals surface area contributed by atoms with Crippen LogP contribution in [0.15, 0.2) is 0 Å². The first-order chi connectivity index (χ1) is 9.45. The molecule has 2 N–H and O–H groups in total. The second kappa shape index (κ2) is 6.57.